The number of benzene rings is 1. The highest BCUT2D eigenvalue weighted by Gasteiger charge is 2.12. The van der Waals surface area contributed by atoms with Crippen molar-refractivity contribution in [3.05, 3.63) is 57.8 Å². The van der Waals surface area contributed by atoms with Crippen LogP contribution in [0.5, 0.6) is 0 Å². The third kappa shape index (κ3) is 2.35. The molecule has 0 spiro atoms. The molecule has 0 aromatic heterocycles. The Kier molecular flexibility index (Phi) is 2.91. The van der Waals surface area contributed by atoms with Crippen LogP contribution in [-0.4, -0.2) is 4.92 Å². The van der Waals surface area contributed by atoms with Gasteiger partial charge in [-0.15, -0.1) is 0 Å². The number of halogens is 2. The molecule has 0 bridgehead atoms. The summed E-state index contributed by atoms with van der Waals surface area (Å²) in [5.41, 5.74) is -0.429. The molecule has 0 aliphatic carbocycles. The monoisotopic (exact) mass is 199 g/mol. The Morgan fingerprint density at radius 3 is 2.71 bits per heavy atom. The number of allylic oxidation sites excluding steroid dienone is 1. The van der Waals surface area contributed by atoms with E-state index < -0.39 is 16.6 Å². The van der Waals surface area contributed by atoms with Gasteiger partial charge in [0.1, 0.15) is 11.6 Å². The van der Waals surface area contributed by atoms with Crippen LogP contribution in [0.3, 0.4) is 0 Å². The highest BCUT2D eigenvalue weighted by atomic mass is 19.1. The fourth-order valence-electron chi connectivity index (χ4n) is 0.963. The van der Waals surface area contributed by atoms with Gasteiger partial charge >= 0.3 is 0 Å². The van der Waals surface area contributed by atoms with Crippen LogP contribution in [0.1, 0.15) is 5.56 Å². The molecule has 0 radical (unpaired) electrons. The summed E-state index contributed by atoms with van der Waals surface area (Å²) >= 11 is 0. The molecule has 1 rings (SSSR count). The van der Waals surface area contributed by atoms with Crippen molar-refractivity contribution in [1.29, 1.82) is 0 Å². The van der Waals surface area contributed by atoms with Gasteiger partial charge in [0, 0.05) is 5.56 Å². The largest absolute Gasteiger partial charge is 0.259 e. The molecule has 5 heteroatoms. The van der Waals surface area contributed by atoms with E-state index in [1.807, 2.05) is 0 Å². The van der Waals surface area contributed by atoms with Crippen molar-refractivity contribution in [3.8, 4) is 0 Å². The third-order valence-corrected chi connectivity index (χ3v) is 1.66. The molecule has 0 heterocycles. The lowest BCUT2D eigenvalue weighted by atomic mass is 10.1. The second kappa shape index (κ2) is 3.95. The van der Waals surface area contributed by atoms with Gasteiger partial charge in [0.15, 0.2) is 0 Å². The van der Waals surface area contributed by atoms with Crippen molar-refractivity contribution >= 4 is 0 Å². The first-order valence-corrected chi connectivity index (χ1v) is 3.77. The molecule has 0 amide bonds. The molecule has 14 heavy (non-hydrogen) atoms. The minimum Gasteiger partial charge on any atom is -0.259 e. The SMILES string of the molecule is C=C(Cc1cc(F)ccc1F)[N+](=O)[O-]. The molecule has 1 aromatic rings. The molecule has 0 saturated carbocycles. The summed E-state index contributed by atoms with van der Waals surface area (Å²) in [6.07, 6.45) is -0.295. The third-order valence-electron chi connectivity index (χ3n) is 1.66. The first kappa shape index (κ1) is 10.3. The van der Waals surface area contributed by atoms with Crippen LogP contribution in [0.2, 0.25) is 0 Å². The van der Waals surface area contributed by atoms with Crippen LogP contribution in [0.4, 0.5) is 8.78 Å². The average Bonchev–Trinajstić information content (AvgIpc) is 2.11. The molecule has 1 aromatic carbocycles. The summed E-state index contributed by atoms with van der Waals surface area (Å²) in [7, 11) is 0. The molecule has 3 nitrogen and oxygen atoms in total. The van der Waals surface area contributed by atoms with E-state index in [4.69, 9.17) is 0 Å². The molecule has 0 saturated heterocycles. The standard InChI is InChI=1S/C9H7F2NO2/c1-6(12(13)14)4-7-5-8(10)2-3-9(7)11/h2-3,5H,1,4H2. The zero-order chi connectivity index (χ0) is 10.7. The second-order valence-electron chi connectivity index (χ2n) is 2.74. The fraction of sp³-hybridized carbons (Fsp3) is 0.111. The Hall–Kier alpha value is -1.78. The minimum absolute atomic E-state index is 0.0632. The lowest BCUT2D eigenvalue weighted by molar-refractivity contribution is -0.426. The van der Waals surface area contributed by atoms with E-state index in [2.05, 4.69) is 6.58 Å². The van der Waals surface area contributed by atoms with E-state index in [1.165, 1.54) is 0 Å². The van der Waals surface area contributed by atoms with Gasteiger partial charge in [-0.2, -0.15) is 0 Å². The minimum atomic E-state index is -0.718. The Bertz CT molecular complexity index is 390. The molecule has 74 valence electrons. The number of rotatable bonds is 3. The molecule has 0 aliphatic rings. The van der Waals surface area contributed by atoms with Crippen molar-refractivity contribution in [2.45, 2.75) is 6.42 Å². The van der Waals surface area contributed by atoms with Crippen LogP contribution in [0.25, 0.3) is 0 Å². The van der Waals surface area contributed by atoms with Crippen molar-refractivity contribution in [2.75, 3.05) is 0 Å². The molecular weight excluding hydrogens is 192 g/mol. The van der Waals surface area contributed by atoms with Crippen molar-refractivity contribution in [2.24, 2.45) is 0 Å². The van der Waals surface area contributed by atoms with Crippen molar-refractivity contribution in [3.63, 3.8) is 0 Å². The van der Waals surface area contributed by atoms with Gasteiger partial charge in [0.25, 0.3) is 0 Å². The predicted octanol–water partition coefficient (Wildman–Crippen LogP) is 2.30. The predicted molar refractivity (Wildman–Crippen MR) is 46.2 cm³/mol. The summed E-state index contributed by atoms with van der Waals surface area (Å²) in [4.78, 5) is 9.47. The number of hydrogen-bond acceptors (Lipinski definition) is 2. The van der Waals surface area contributed by atoms with Crippen molar-refractivity contribution < 1.29 is 13.7 Å². The molecule has 0 unspecified atom stereocenters. The lowest BCUT2D eigenvalue weighted by Crippen LogP contribution is -2.02. The van der Waals surface area contributed by atoms with Gasteiger partial charge < -0.3 is 0 Å². The van der Waals surface area contributed by atoms with Gasteiger partial charge in [-0.25, -0.2) is 8.78 Å². The highest BCUT2D eigenvalue weighted by molar-refractivity contribution is 5.21. The van der Waals surface area contributed by atoms with Gasteiger partial charge in [-0.3, -0.25) is 10.1 Å². The maximum Gasteiger partial charge on any atom is 0.243 e. The molecular formula is C9H7F2NO2. The van der Waals surface area contributed by atoms with Crippen LogP contribution in [0, 0.1) is 21.7 Å². The smallest absolute Gasteiger partial charge is 0.243 e. The number of nitro groups is 1. The van der Waals surface area contributed by atoms with Crippen molar-refractivity contribution in [1.82, 2.24) is 0 Å². The van der Waals surface area contributed by atoms with E-state index in [9.17, 15) is 18.9 Å². The normalized spacial score (nSPS) is 9.86. The van der Waals surface area contributed by atoms with Gasteiger partial charge in [0.2, 0.25) is 5.70 Å². The first-order chi connectivity index (χ1) is 6.50. The van der Waals surface area contributed by atoms with Gasteiger partial charge in [-0.05, 0) is 24.8 Å². The summed E-state index contributed by atoms with van der Waals surface area (Å²) in [6.45, 7) is 3.13. The van der Waals surface area contributed by atoms with Crippen LogP contribution < -0.4 is 0 Å². The van der Waals surface area contributed by atoms with E-state index in [-0.39, 0.29) is 17.7 Å². The Morgan fingerprint density at radius 2 is 2.14 bits per heavy atom. The summed E-state index contributed by atoms with van der Waals surface area (Å²) < 4.78 is 25.6. The van der Waals surface area contributed by atoms with Gasteiger partial charge in [-0.1, -0.05) is 0 Å². The quantitative estimate of drug-likeness (QED) is 0.553. The Labute approximate surface area is 78.8 Å². The molecule has 0 fully saturated rings. The Balaban J connectivity index is 2.91. The molecule has 0 N–H and O–H groups in total. The second-order valence-corrected chi connectivity index (χ2v) is 2.74. The highest BCUT2D eigenvalue weighted by Crippen LogP contribution is 2.13. The summed E-state index contributed by atoms with van der Waals surface area (Å²) in [5.74, 6) is -1.30. The number of hydrogen-bond donors (Lipinski definition) is 0. The zero-order valence-corrected chi connectivity index (χ0v) is 7.17. The molecule has 0 aliphatic heterocycles. The summed E-state index contributed by atoms with van der Waals surface area (Å²) in [5, 5.41) is 10.2. The van der Waals surface area contributed by atoms with Crippen LogP contribution in [0.15, 0.2) is 30.5 Å². The van der Waals surface area contributed by atoms with E-state index in [0.717, 1.165) is 18.2 Å². The van der Waals surface area contributed by atoms with E-state index in [0.29, 0.717) is 0 Å². The maximum atomic E-state index is 13.0. The average molecular weight is 199 g/mol. The Morgan fingerprint density at radius 1 is 1.50 bits per heavy atom. The summed E-state index contributed by atoms with van der Waals surface area (Å²) in [6, 6.07) is 2.80. The van der Waals surface area contributed by atoms with E-state index >= 15 is 0 Å². The number of nitrogens with zero attached hydrogens (tertiary/aromatic N) is 1. The van der Waals surface area contributed by atoms with Crippen LogP contribution in [-0.2, 0) is 6.42 Å². The molecule has 0 atom stereocenters. The van der Waals surface area contributed by atoms with Gasteiger partial charge in [0.05, 0.1) is 11.3 Å². The van der Waals surface area contributed by atoms with Crippen LogP contribution >= 0.6 is 0 Å². The zero-order valence-electron chi connectivity index (χ0n) is 7.17. The topological polar surface area (TPSA) is 43.1 Å². The van der Waals surface area contributed by atoms with E-state index in [1.54, 1.807) is 0 Å². The lowest BCUT2D eigenvalue weighted by Gasteiger charge is -2.00. The first-order valence-electron chi connectivity index (χ1n) is 3.77. The maximum absolute atomic E-state index is 13.0. The fourth-order valence-corrected chi connectivity index (χ4v) is 0.963.